The summed E-state index contributed by atoms with van der Waals surface area (Å²) >= 11 is 12.3. The third-order valence-corrected chi connectivity index (χ3v) is 8.47. The Bertz CT molecular complexity index is 1420. The Hall–Kier alpha value is -3.07. The lowest BCUT2D eigenvalue weighted by Gasteiger charge is -2.33. The summed E-state index contributed by atoms with van der Waals surface area (Å²) in [7, 11) is -4.18. The van der Waals surface area contributed by atoms with Crippen LogP contribution in [0.5, 0.6) is 0 Å². The summed E-state index contributed by atoms with van der Waals surface area (Å²) in [5.74, 6) is -0.910. The molecule has 0 aliphatic rings. The largest absolute Gasteiger partial charge is 0.350 e. The highest BCUT2D eigenvalue weighted by atomic mass is 35.5. The van der Waals surface area contributed by atoms with Crippen LogP contribution in [0.3, 0.4) is 0 Å². The van der Waals surface area contributed by atoms with E-state index in [1.165, 1.54) is 35.2 Å². The summed E-state index contributed by atoms with van der Waals surface area (Å²) < 4.78 is 28.5. The van der Waals surface area contributed by atoms with E-state index in [0.29, 0.717) is 0 Å². The molecule has 1 unspecified atom stereocenters. The lowest BCUT2D eigenvalue weighted by atomic mass is 10.1. The predicted octanol–water partition coefficient (Wildman–Crippen LogP) is 5.83. The lowest BCUT2D eigenvalue weighted by Crippen LogP contribution is -2.54. The zero-order chi connectivity index (χ0) is 29.0. The highest BCUT2D eigenvalue weighted by Gasteiger charge is 2.33. The predicted molar refractivity (Wildman–Crippen MR) is 157 cm³/mol. The van der Waals surface area contributed by atoms with E-state index >= 15 is 0 Å². The topological polar surface area (TPSA) is 86.8 Å². The molecule has 7 nitrogen and oxygen atoms in total. The Morgan fingerprint density at radius 2 is 1.54 bits per heavy atom. The summed E-state index contributed by atoms with van der Waals surface area (Å²) in [4.78, 5) is 28.4. The number of halogens is 2. The summed E-state index contributed by atoms with van der Waals surface area (Å²) in [5, 5.41) is 3.30. The molecule has 0 spiro atoms. The second kappa shape index (κ2) is 12.4. The van der Waals surface area contributed by atoms with E-state index in [1.807, 2.05) is 52.0 Å². The third kappa shape index (κ3) is 7.97. The molecule has 10 heteroatoms. The number of hydrogen-bond acceptors (Lipinski definition) is 4. The number of hydrogen-bond donors (Lipinski definition) is 1. The molecule has 0 aromatic heterocycles. The van der Waals surface area contributed by atoms with Crippen LogP contribution in [-0.2, 0) is 26.2 Å². The Morgan fingerprint density at radius 1 is 0.923 bits per heavy atom. The number of aryl methyl sites for hydroxylation is 1. The van der Waals surface area contributed by atoms with Crippen molar-refractivity contribution in [2.24, 2.45) is 0 Å². The van der Waals surface area contributed by atoms with Gasteiger partial charge in [0.2, 0.25) is 11.8 Å². The Balaban J connectivity index is 2.04. The van der Waals surface area contributed by atoms with Gasteiger partial charge in [0.15, 0.2) is 0 Å². The fourth-order valence-corrected chi connectivity index (χ4v) is 5.55. The summed E-state index contributed by atoms with van der Waals surface area (Å²) in [6.45, 7) is 8.68. The Labute approximate surface area is 240 Å². The molecule has 0 fully saturated rings. The van der Waals surface area contributed by atoms with Crippen LogP contribution in [0.2, 0.25) is 10.0 Å². The van der Waals surface area contributed by atoms with E-state index in [0.717, 1.165) is 15.4 Å². The normalized spacial score (nSPS) is 12.5. The molecule has 0 heterocycles. The molecule has 0 saturated carbocycles. The van der Waals surface area contributed by atoms with Crippen molar-refractivity contribution in [1.82, 2.24) is 10.2 Å². The number of benzene rings is 3. The molecule has 1 atom stereocenters. The van der Waals surface area contributed by atoms with Crippen LogP contribution < -0.4 is 9.62 Å². The third-order valence-electron chi connectivity index (χ3n) is 5.94. The van der Waals surface area contributed by atoms with E-state index in [-0.39, 0.29) is 33.1 Å². The van der Waals surface area contributed by atoms with Crippen LogP contribution in [0.1, 0.15) is 38.8 Å². The molecule has 1 N–H and O–H groups in total. The molecule has 0 bridgehead atoms. The standard InChI is InChI=1S/C29H33Cl2N3O4S/c1-20-11-13-22(14-12-20)18-33(21(2)28(36)32-29(3,4)5)27(35)19-34(23-15-16-25(30)26(31)17-23)39(37,38)24-9-7-6-8-10-24/h6-17,21H,18-19H2,1-5H3,(H,32,36). The zero-order valence-corrected chi connectivity index (χ0v) is 24.9. The van der Waals surface area contributed by atoms with Crippen LogP contribution in [0.25, 0.3) is 0 Å². The molecule has 2 amide bonds. The van der Waals surface area contributed by atoms with Crippen molar-refractivity contribution in [2.45, 2.75) is 57.6 Å². The van der Waals surface area contributed by atoms with Crippen molar-refractivity contribution in [1.29, 1.82) is 0 Å². The second-order valence-electron chi connectivity index (χ2n) is 10.3. The van der Waals surface area contributed by atoms with Crippen LogP contribution in [0.4, 0.5) is 5.69 Å². The molecule has 0 aliphatic heterocycles. The van der Waals surface area contributed by atoms with E-state index in [9.17, 15) is 18.0 Å². The smallest absolute Gasteiger partial charge is 0.264 e. The van der Waals surface area contributed by atoms with E-state index in [1.54, 1.807) is 25.1 Å². The maximum absolute atomic E-state index is 13.9. The van der Waals surface area contributed by atoms with E-state index in [2.05, 4.69) is 5.32 Å². The van der Waals surface area contributed by atoms with Gasteiger partial charge in [-0.3, -0.25) is 13.9 Å². The number of sulfonamides is 1. The first-order chi connectivity index (χ1) is 18.2. The molecule has 3 rings (SSSR count). The van der Waals surface area contributed by atoms with Gasteiger partial charge in [0, 0.05) is 12.1 Å². The average Bonchev–Trinajstić information content (AvgIpc) is 2.87. The van der Waals surface area contributed by atoms with Gasteiger partial charge in [0.25, 0.3) is 10.0 Å². The summed E-state index contributed by atoms with van der Waals surface area (Å²) in [6.07, 6.45) is 0. The highest BCUT2D eigenvalue weighted by Crippen LogP contribution is 2.31. The van der Waals surface area contributed by atoms with Crippen molar-refractivity contribution >= 4 is 50.7 Å². The zero-order valence-electron chi connectivity index (χ0n) is 22.6. The fourth-order valence-electron chi connectivity index (χ4n) is 3.84. The monoisotopic (exact) mass is 589 g/mol. The van der Waals surface area contributed by atoms with Crippen molar-refractivity contribution in [3.63, 3.8) is 0 Å². The number of amides is 2. The van der Waals surface area contributed by atoms with Crippen molar-refractivity contribution < 1.29 is 18.0 Å². The van der Waals surface area contributed by atoms with Crippen molar-refractivity contribution in [2.75, 3.05) is 10.8 Å². The van der Waals surface area contributed by atoms with Gasteiger partial charge in [0.05, 0.1) is 20.6 Å². The number of nitrogens with one attached hydrogen (secondary N) is 1. The number of carbonyl (C=O) groups excluding carboxylic acids is 2. The number of rotatable bonds is 9. The van der Waals surface area contributed by atoms with Gasteiger partial charge >= 0.3 is 0 Å². The average molecular weight is 591 g/mol. The molecule has 0 saturated heterocycles. The van der Waals surface area contributed by atoms with Gasteiger partial charge < -0.3 is 10.2 Å². The Morgan fingerprint density at radius 3 is 2.10 bits per heavy atom. The van der Waals surface area contributed by atoms with Crippen molar-refractivity contribution in [3.05, 3.63) is 94.0 Å². The fraction of sp³-hybridized carbons (Fsp3) is 0.310. The first-order valence-corrected chi connectivity index (χ1v) is 14.6. The SMILES string of the molecule is Cc1ccc(CN(C(=O)CN(c2ccc(Cl)c(Cl)c2)S(=O)(=O)c2ccccc2)C(C)C(=O)NC(C)(C)C)cc1. The lowest BCUT2D eigenvalue weighted by molar-refractivity contribution is -0.140. The Kier molecular flexibility index (Phi) is 9.69. The summed E-state index contributed by atoms with van der Waals surface area (Å²) in [6, 6.07) is 18.9. The molecule has 208 valence electrons. The maximum Gasteiger partial charge on any atom is 0.264 e. The minimum Gasteiger partial charge on any atom is -0.350 e. The number of nitrogens with zero attached hydrogens (tertiary/aromatic N) is 2. The van der Waals surface area contributed by atoms with E-state index in [4.69, 9.17) is 23.2 Å². The molecule has 0 radical (unpaired) electrons. The minimum atomic E-state index is -4.18. The first-order valence-electron chi connectivity index (χ1n) is 12.4. The van der Waals surface area contributed by atoms with E-state index < -0.39 is 34.1 Å². The highest BCUT2D eigenvalue weighted by molar-refractivity contribution is 7.92. The summed E-state index contributed by atoms with van der Waals surface area (Å²) in [5.41, 5.74) is 1.50. The number of carbonyl (C=O) groups is 2. The molecular weight excluding hydrogens is 557 g/mol. The molecule has 3 aromatic rings. The quantitative estimate of drug-likeness (QED) is 0.340. The van der Waals surface area contributed by atoms with Gasteiger partial charge in [-0.1, -0.05) is 71.2 Å². The van der Waals surface area contributed by atoms with Gasteiger partial charge in [-0.25, -0.2) is 8.42 Å². The van der Waals surface area contributed by atoms with Crippen LogP contribution in [0, 0.1) is 6.92 Å². The number of anilines is 1. The minimum absolute atomic E-state index is 0.00693. The van der Waals surface area contributed by atoms with Gasteiger partial charge in [0.1, 0.15) is 12.6 Å². The van der Waals surface area contributed by atoms with Gasteiger partial charge in [-0.05, 0) is 70.5 Å². The van der Waals surface area contributed by atoms with Crippen LogP contribution >= 0.6 is 23.2 Å². The molecular formula is C29H33Cl2N3O4S. The van der Waals surface area contributed by atoms with Crippen LogP contribution in [-0.4, -0.2) is 43.3 Å². The van der Waals surface area contributed by atoms with Gasteiger partial charge in [-0.15, -0.1) is 0 Å². The molecule has 0 aliphatic carbocycles. The maximum atomic E-state index is 13.9. The van der Waals surface area contributed by atoms with Crippen LogP contribution in [0.15, 0.2) is 77.7 Å². The molecule has 39 heavy (non-hydrogen) atoms. The molecule has 3 aromatic carbocycles. The first kappa shape index (κ1) is 30.5. The second-order valence-corrected chi connectivity index (χ2v) is 13.0. The van der Waals surface area contributed by atoms with Gasteiger partial charge in [-0.2, -0.15) is 0 Å². The van der Waals surface area contributed by atoms with Crippen molar-refractivity contribution in [3.8, 4) is 0 Å².